The molecule has 3 rings (SSSR count). The van der Waals surface area contributed by atoms with Crippen molar-refractivity contribution in [3.63, 3.8) is 0 Å². The van der Waals surface area contributed by atoms with Crippen LogP contribution in [-0.4, -0.2) is 40.1 Å². The Hall–Kier alpha value is -2.18. The van der Waals surface area contributed by atoms with E-state index in [0.717, 1.165) is 37.4 Å². The third kappa shape index (κ3) is 4.27. The van der Waals surface area contributed by atoms with Gasteiger partial charge < -0.3 is 16.4 Å². The first-order valence-corrected chi connectivity index (χ1v) is 8.82. The highest BCUT2D eigenvalue weighted by Gasteiger charge is 2.27. The van der Waals surface area contributed by atoms with Crippen LogP contribution >= 0.6 is 0 Å². The van der Waals surface area contributed by atoms with Crippen molar-refractivity contribution in [3.8, 4) is 5.69 Å². The fourth-order valence-corrected chi connectivity index (χ4v) is 3.43. The molecule has 1 heterocycles. The first kappa shape index (κ1) is 17.6. The Morgan fingerprint density at radius 3 is 2.56 bits per heavy atom. The van der Waals surface area contributed by atoms with E-state index in [1.54, 1.807) is 12.3 Å². The number of nitrogens with two attached hydrogens (primary N) is 2. The number of hydrogen-bond acceptors (Lipinski definition) is 5. The maximum absolute atomic E-state index is 11.9. The van der Waals surface area contributed by atoms with Crippen LogP contribution in [-0.2, 0) is 6.42 Å². The summed E-state index contributed by atoms with van der Waals surface area (Å²) in [6, 6.07) is 10.5. The second-order valence-electron chi connectivity index (χ2n) is 7.26. The van der Waals surface area contributed by atoms with Gasteiger partial charge in [-0.25, -0.2) is 4.79 Å². The summed E-state index contributed by atoms with van der Waals surface area (Å²) in [6.45, 7) is 3.36. The molecule has 2 aromatic rings. The minimum atomic E-state index is -0.362. The van der Waals surface area contributed by atoms with Gasteiger partial charge in [0.15, 0.2) is 0 Å². The number of likely N-dealkylation sites (N-methyl/N-ethyl adjacent to an activating group) is 1. The fraction of sp³-hybridized carbons (Fsp3) is 0.474. The van der Waals surface area contributed by atoms with Crippen molar-refractivity contribution in [2.75, 3.05) is 19.3 Å². The van der Waals surface area contributed by atoms with Gasteiger partial charge in [-0.2, -0.15) is 4.98 Å². The van der Waals surface area contributed by atoms with E-state index in [0.29, 0.717) is 12.1 Å². The molecule has 1 aliphatic carbocycles. The lowest BCUT2D eigenvalue weighted by Gasteiger charge is -2.37. The van der Waals surface area contributed by atoms with Gasteiger partial charge in [0, 0.05) is 24.8 Å². The summed E-state index contributed by atoms with van der Waals surface area (Å²) in [6.07, 6.45) is 4.93. The van der Waals surface area contributed by atoms with E-state index in [9.17, 15) is 4.79 Å². The predicted octanol–water partition coefficient (Wildman–Crippen LogP) is 1.41. The molecule has 6 heteroatoms. The van der Waals surface area contributed by atoms with Crippen molar-refractivity contribution < 1.29 is 0 Å². The molecule has 1 atom stereocenters. The lowest BCUT2D eigenvalue weighted by atomic mass is 9.80. The maximum Gasteiger partial charge on any atom is 0.354 e. The van der Waals surface area contributed by atoms with Crippen LogP contribution in [0.15, 0.2) is 41.3 Å². The first-order chi connectivity index (χ1) is 11.9. The lowest BCUT2D eigenvalue weighted by Crippen LogP contribution is -2.44. The van der Waals surface area contributed by atoms with E-state index in [-0.39, 0.29) is 11.5 Å². The highest BCUT2D eigenvalue weighted by molar-refractivity contribution is 5.36. The van der Waals surface area contributed by atoms with Gasteiger partial charge in [-0.1, -0.05) is 12.1 Å². The molecule has 0 radical (unpaired) electrons. The zero-order chi connectivity index (χ0) is 18.0. The molecule has 1 unspecified atom stereocenters. The Bertz CT molecular complexity index is 764. The van der Waals surface area contributed by atoms with Gasteiger partial charge in [0.2, 0.25) is 0 Å². The predicted molar refractivity (Wildman–Crippen MR) is 101 cm³/mol. The average Bonchev–Trinajstić information content (AvgIpc) is 2.54. The summed E-state index contributed by atoms with van der Waals surface area (Å²) >= 11 is 0. The smallest absolute Gasteiger partial charge is 0.354 e. The first-order valence-electron chi connectivity index (χ1n) is 8.82. The van der Waals surface area contributed by atoms with Crippen molar-refractivity contribution in [2.24, 2.45) is 11.7 Å². The van der Waals surface area contributed by atoms with Crippen LogP contribution in [0.3, 0.4) is 0 Å². The van der Waals surface area contributed by atoms with E-state index in [2.05, 4.69) is 36.0 Å². The number of nitrogens with zero attached hydrogens (tertiary/aromatic N) is 3. The van der Waals surface area contributed by atoms with Crippen LogP contribution in [0.1, 0.15) is 25.3 Å². The number of anilines is 1. The molecule has 1 saturated carbocycles. The van der Waals surface area contributed by atoms with Crippen LogP contribution in [0.2, 0.25) is 0 Å². The molecule has 1 aromatic heterocycles. The SMILES string of the molecule is CC(Cc1ccc(-n2ccc(N)nc2=O)cc1)N(C)C[C@H]1C[C@H](N)C1. The number of benzene rings is 1. The lowest BCUT2D eigenvalue weighted by molar-refractivity contribution is 0.153. The molecular weight excluding hydrogens is 314 g/mol. The van der Waals surface area contributed by atoms with Crippen molar-refractivity contribution >= 4 is 5.82 Å². The van der Waals surface area contributed by atoms with Crippen LogP contribution < -0.4 is 17.2 Å². The summed E-state index contributed by atoms with van der Waals surface area (Å²) < 4.78 is 1.50. The van der Waals surface area contributed by atoms with E-state index < -0.39 is 0 Å². The van der Waals surface area contributed by atoms with Crippen molar-refractivity contribution in [1.29, 1.82) is 0 Å². The minimum absolute atomic E-state index is 0.238. The summed E-state index contributed by atoms with van der Waals surface area (Å²) in [5.41, 5.74) is 13.1. The molecule has 4 N–H and O–H groups in total. The Balaban J connectivity index is 1.61. The Morgan fingerprint density at radius 1 is 1.28 bits per heavy atom. The third-order valence-corrected chi connectivity index (χ3v) is 5.14. The van der Waals surface area contributed by atoms with Gasteiger partial charge in [-0.05, 0) is 62.9 Å². The molecule has 0 amide bonds. The number of aromatic nitrogens is 2. The van der Waals surface area contributed by atoms with Gasteiger partial charge in [0.1, 0.15) is 5.82 Å². The highest BCUT2D eigenvalue weighted by Crippen LogP contribution is 2.26. The largest absolute Gasteiger partial charge is 0.383 e. The second kappa shape index (κ2) is 7.37. The van der Waals surface area contributed by atoms with E-state index in [4.69, 9.17) is 11.5 Å². The van der Waals surface area contributed by atoms with Crippen LogP contribution in [0.4, 0.5) is 5.82 Å². The zero-order valence-electron chi connectivity index (χ0n) is 14.9. The molecule has 0 bridgehead atoms. The van der Waals surface area contributed by atoms with Gasteiger partial charge >= 0.3 is 5.69 Å². The number of rotatable bonds is 6. The van der Waals surface area contributed by atoms with E-state index in [1.807, 2.05) is 12.1 Å². The van der Waals surface area contributed by atoms with Gasteiger partial charge in [-0.3, -0.25) is 4.57 Å². The Kier molecular flexibility index (Phi) is 5.20. The standard InChI is InChI=1S/C19H27N5O/c1-13(23(2)12-15-10-16(20)11-15)9-14-3-5-17(6-4-14)24-8-7-18(21)22-19(24)25/h3-8,13,15-16H,9-12,20H2,1-2H3,(H2,21,22,25)/t13?,15-,16-. The number of nitrogen functional groups attached to an aromatic ring is 1. The van der Waals surface area contributed by atoms with Crippen molar-refractivity contribution in [3.05, 3.63) is 52.6 Å². The van der Waals surface area contributed by atoms with Crippen LogP contribution in [0, 0.1) is 5.92 Å². The third-order valence-electron chi connectivity index (χ3n) is 5.14. The Morgan fingerprint density at radius 2 is 1.96 bits per heavy atom. The second-order valence-corrected chi connectivity index (χ2v) is 7.26. The molecule has 0 saturated heterocycles. The zero-order valence-corrected chi connectivity index (χ0v) is 14.9. The molecule has 1 fully saturated rings. The molecule has 134 valence electrons. The normalized spacial score (nSPS) is 21.1. The topological polar surface area (TPSA) is 90.2 Å². The van der Waals surface area contributed by atoms with Gasteiger partial charge in [-0.15, -0.1) is 0 Å². The number of hydrogen-bond donors (Lipinski definition) is 2. The van der Waals surface area contributed by atoms with Gasteiger partial charge in [0.05, 0.1) is 5.69 Å². The minimum Gasteiger partial charge on any atom is -0.383 e. The van der Waals surface area contributed by atoms with Gasteiger partial charge in [0.25, 0.3) is 0 Å². The fourth-order valence-electron chi connectivity index (χ4n) is 3.43. The molecule has 1 aromatic carbocycles. The van der Waals surface area contributed by atoms with Crippen molar-refractivity contribution in [1.82, 2.24) is 14.5 Å². The van der Waals surface area contributed by atoms with E-state index in [1.165, 1.54) is 10.1 Å². The van der Waals surface area contributed by atoms with Crippen LogP contribution in [0.25, 0.3) is 5.69 Å². The monoisotopic (exact) mass is 341 g/mol. The molecule has 25 heavy (non-hydrogen) atoms. The summed E-state index contributed by atoms with van der Waals surface area (Å²) in [7, 11) is 2.18. The highest BCUT2D eigenvalue weighted by atomic mass is 16.1. The average molecular weight is 341 g/mol. The molecule has 6 nitrogen and oxygen atoms in total. The summed E-state index contributed by atoms with van der Waals surface area (Å²) in [4.78, 5) is 18.1. The molecule has 0 aliphatic heterocycles. The summed E-state index contributed by atoms with van der Waals surface area (Å²) in [5, 5.41) is 0. The van der Waals surface area contributed by atoms with E-state index >= 15 is 0 Å². The summed E-state index contributed by atoms with van der Waals surface area (Å²) in [5.74, 6) is 0.983. The maximum atomic E-state index is 11.9. The Labute approximate surface area is 148 Å². The quantitative estimate of drug-likeness (QED) is 0.829. The molecule has 0 spiro atoms. The van der Waals surface area contributed by atoms with Crippen LogP contribution in [0.5, 0.6) is 0 Å². The molecular formula is C19H27N5O. The molecule has 1 aliphatic rings. The van der Waals surface area contributed by atoms with Crippen molar-refractivity contribution in [2.45, 2.75) is 38.3 Å².